The fourth-order valence-corrected chi connectivity index (χ4v) is 18.6. The van der Waals surface area contributed by atoms with Gasteiger partial charge in [-0.1, -0.05) is 172 Å². The quantitative estimate of drug-likeness (QED) is 0.0434. The number of hydrogen-bond acceptors (Lipinski definition) is 9. The van der Waals surface area contributed by atoms with Crippen LogP contribution in [-0.4, -0.2) is 8.75 Å². The third kappa shape index (κ3) is 15.3. The summed E-state index contributed by atoms with van der Waals surface area (Å²) in [6.07, 6.45) is 23.1. The highest BCUT2D eigenvalue weighted by atomic mass is 32.1. The van der Waals surface area contributed by atoms with Crippen LogP contribution in [0.5, 0.6) is 11.5 Å². The molecular formula is C72H98F2N2O2S5. The number of thiophene rings is 4. The van der Waals surface area contributed by atoms with Crippen LogP contribution in [0.4, 0.5) is 8.78 Å². The molecule has 7 aromatic rings. The Morgan fingerprint density at radius 2 is 0.783 bits per heavy atom. The lowest BCUT2D eigenvalue weighted by molar-refractivity contribution is 0.0322. The van der Waals surface area contributed by atoms with Crippen molar-refractivity contribution in [2.45, 2.75) is 237 Å². The first-order chi connectivity index (χ1) is 39.6. The summed E-state index contributed by atoms with van der Waals surface area (Å²) < 4.78 is 56.7. The molecule has 0 aliphatic carbocycles. The summed E-state index contributed by atoms with van der Waals surface area (Å²) in [5.41, 5.74) is 6.24. The molecule has 2 aliphatic rings. The molecule has 4 unspecified atom stereocenters. The zero-order valence-corrected chi connectivity index (χ0v) is 57.0. The molecule has 7 heterocycles. The molecule has 0 bridgehead atoms. The summed E-state index contributed by atoms with van der Waals surface area (Å²) in [4.78, 5) is 9.14. The molecule has 0 spiro atoms. The van der Waals surface area contributed by atoms with Crippen LogP contribution in [0.3, 0.4) is 0 Å². The molecule has 0 fully saturated rings. The van der Waals surface area contributed by atoms with Crippen LogP contribution in [0.25, 0.3) is 61.9 Å². The molecule has 2 aliphatic heterocycles. The molecular weight excluding hydrogens is 1120 g/mol. The summed E-state index contributed by atoms with van der Waals surface area (Å²) >= 11 is 8.41. The molecule has 452 valence electrons. The van der Waals surface area contributed by atoms with Crippen LogP contribution < -0.4 is 9.47 Å². The minimum absolute atomic E-state index is 0.284. The maximum atomic E-state index is 15.9. The van der Waals surface area contributed by atoms with Gasteiger partial charge in [0.2, 0.25) is 0 Å². The number of aryl methyl sites for hydroxylation is 2. The van der Waals surface area contributed by atoms with Crippen LogP contribution >= 0.6 is 57.1 Å². The van der Waals surface area contributed by atoms with Crippen molar-refractivity contribution in [1.82, 2.24) is 8.75 Å². The second-order valence-corrected chi connectivity index (χ2v) is 32.8. The van der Waals surface area contributed by atoms with Crippen molar-refractivity contribution >= 4 is 68.1 Å². The number of aromatic nitrogens is 2. The van der Waals surface area contributed by atoms with Crippen LogP contribution in [0.15, 0.2) is 48.5 Å². The Bertz CT molecular complexity index is 3190. The van der Waals surface area contributed by atoms with E-state index in [0.717, 1.165) is 107 Å². The standard InChI is InChI=1S/C72H98F2N2O2S5/c1-43(2)19-15-23-47(9)29-33-71(34-30-48(10)24-16-20-44(3)4)56-40-62(80-67(56)69-60(77-71)38-52(14)79-69)53-27-28-54(66-65(53)75-83-76-66)63-41-57-68(81-63)70-61(42-64(82-70)55-39-58(73)51(13)37-59(55)74)78-72(57,35-31-49(11)25-17-21-45(5)6)36-32-50(12)26-18-22-46(7)8/h27-28,37-50H,15-26,29-36H2,1-14H3. The van der Waals surface area contributed by atoms with Gasteiger partial charge in [0.1, 0.15) is 45.4 Å². The molecule has 0 amide bonds. The Morgan fingerprint density at radius 3 is 1.19 bits per heavy atom. The first kappa shape index (κ1) is 64.0. The van der Waals surface area contributed by atoms with Crippen molar-refractivity contribution in [3.8, 4) is 62.3 Å². The minimum atomic E-state index is -0.591. The van der Waals surface area contributed by atoms with Gasteiger partial charge in [-0.2, -0.15) is 8.75 Å². The van der Waals surface area contributed by atoms with Crippen LogP contribution in [0.1, 0.15) is 233 Å². The van der Waals surface area contributed by atoms with E-state index in [-0.39, 0.29) is 5.56 Å². The summed E-state index contributed by atoms with van der Waals surface area (Å²) in [7, 11) is 0. The van der Waals surface area contributed by atoms with Crippen LogP contribution in [0.2, 0.25) is 0 Å². The van der Waals surface area contributed by atoms with Crippen molar-refractivity contribution in [3.63, 3.8) is 0 Å². The number of rotatable bonds is 31. The third-order valence-corrected chi connectivity index (χ3v) is 23.9. The van der Waals surface area contributed by atoms with Gasteiger partial charge in [0.15, 0.2) is 0 Å². The van der Waals surface area contributed by atoms with Gasteiger partial charge in [-0.25, -0.2) is 8.78 Å². The Labute approximate surface area is 519 Å². The van der Waals surface area contributed by atoms with Crippen molar-refractivity contribution < 1.29 is 18.3 Å². The molecule has 4 nitrogen and oxygen atoms in total. The Kier molecular flexibility index (Phi) is 21.7. The van der Waals surface area contributed by atoms with Crippen molar-refractivity contribution in [3.05, 3.63) is 81.7 Å². The lowest BCUT2D eigenvalue weighted by atomic mass is 9.78. The average molecular weight is 1220 g/mol. The minimum Gasteiger partial charge on any atom is -0.481 e. The predicted molar refractivity (Wildman–Crippen MR) is 358 cm³/mol. The van der Waals surface area contributed by atoms with Crippen LogP contribution in [-0.2, 0) is 11.2 Å². The number of halogens is 2. The number of ether oxygens (including phenoxy) is 2. The highest BCUT2D eigenvalue weighted by Gasteiger charge is 2.46. The Balaban J connectivity index is 1.13. The van der Waals surface area contributed by atoms with Crippen molar-refractivity contribution in [1.29, 1.82) is 0 Å². The van der Waals surface area contributed by atoms with Gasteiger partial charge in [-0.3, -0.25) is 0 Å². The van der Waals surface area contributed by atoms with Gasteiger partial charge in [-0.05, 0) is 155 Å². The highest BCUT2D eigenvalue weighted by molar-refractivity contribution is 7.26. The van der Waals surface area contributed by atoms with Crippen molar-refractivity contribution in [2.24, 2.45) is 47.3 Å². The second kappa shape index (κ2) is 28.1. The number of benzene rings is 2. The van der Waals surface area contributed by atoms with Gasteiger partial charge >= 0.3 is 0 Å². The number of hydrogen-bond donors (Lipinski definition) is 0. The monoisotopic (exact) mass is 1220 g/mol. The van der Waals surface area contributed by atoms with E-state index < -0.39 is 22.8 Å². The van der Waals surface area contributed by atoms with E-state index in [9.17, 15) is 0 Å². The van der Waals surface area contributed by atoms with E-state index in [0.29, 0.717) is 45.9 Å². The lowest BCUT2D eigenvalue weighted by Gasteiger charge is -2.39. The smallest absolute Gasteiger partial charge is 0.140 e. The van der Waals surface area contributed by atoms with Gasteiger partial charge in [-0.15, -0.1) is 45.3 Å². The first-order valence-corrected chi connectivity index (χ1v) is 36.3. The molecule has 0 saturated carbocycles. The SMILES string of the molecule is Cc1cc2c(s1)-c1sc(-c3ccc(-c4cc5c(s4)-c4sc(-c6cc(F)c(C)cc6F)cc4OC5(CCC(C)CCCC(C)C)CCC(C)CCCC(C)C)c4nsnc34)cc1C(CCC(C)CCCC(C)C)(CCC(C)CCCC(C)C)O2. The zero-order valence-electron chi connectivity index (χ0n) is 52.9. The first-order valence-electron chi connectivity index (χ1n) is 32.3. The number of nitrogens with zero attached hydrogens (tertiary/aromatic N) is 2. The second-order valence-electron chi connectivity index (χ2n) is 27.8. The topological polar surface area (TPSA) is 44.2 Å². The normalized spacial score (nSPS) is 18.2. The Hall–Kier alpha value is -3.48. The highest BCUT2D eigenvalue weighted by Crippen LogP contribution is 2.61. The van der Waals surface area contributed by atoms with Gasteiger partial charge < -0.3 is 9.47 Å². The molecule has 83 heavy (non-hydrogen) atoms. The maximum absolute atomic E-state index is 15.9. The molecule has 0 radical (unpaired) electrons. The summed E-state index contributed by atoms with van der Waals surface area (Å²) in [6.45, 7) is 32.3. The van der Waals surface area contributed by atoms with E-state index in [4.69, 9.17) is 18.2 Å². The van der Waals surface area contributed by atoms with E-state index in [1.165, 1.54) is 148 Å². The molecule has 0 N–H and O–H groups in total. The van der Waals surface area contributed by atoms with E-state index in [1.54, 1.807) is 18.3 Å². The fraction of sp³-hybridized carbons (Fsp3) is 0.611. The largest absolute Gasteiger partial charge is 0.481 e. The summed E-state index contributed by atoms with van der Waals surface area (Å²) in [6, 6.07) is 16.5. The Morgan fingerprint density at radius 1 is 0.410 bits per heavy atom. The van der Waals surface area contributed by atoms with E-state index in [1.807, 2.05) is 28.7 Å². The summed E-state index contributed by atoms with van der Waals surface area (Å²) in [5, 5.41) is 0. The third-order valence-electron chi connectivity index (χ3n) is 18.5. The molecule has 4 atom stereocenters. The molecule has 9 rings (SSSR count). The van der Waals surface area contributed by atoms with E-state index >= 15 is 8.78 Å². The molecule has 0 saturated heterocycles. The summed E-state index contributed by atoms with van der Waals surface area (Å²) in [5.74, 6) is 6.20. The van der Waals surface area contributed by atoms with Gasteiger partial charge in [0, 0.05) is 47.3 Å². The van der Waals surface area contributed by atoms with Gasteiger partial charge in [0.05, 0.1) is 31.2 Å². The zero-order chi connectivity index (χ0) is 59.3. The lowest BCUT2D eigenvalue weighted by Crippen LogP contribution is -2.36. The maximum Gasteiger partial charge on any atom is 0.140 e. The average Bonchev–Trinajstić information content (AvgIpc) is 1.93. The fourth-order valence-electron chi connectivity index (χ4n) is 13.1. The van der Waals surface area contributed by atoms with Crippen molar-refractivity contribution in [2.75, 3.05) is 0 Å². The molecule has 2 aromatic carbocycles. The molecule has 11 heteroatoms. The van der Waals surface area contributed by atoms with Crippen LogP contribution in [0, 0.1) is 72.8 Å². The predicted octanol–water partition coefficient (Wildman–Crippen LogP) is 25.3. The molecule has 5 aromatic heterocycles. The van der Waals surface area contributed by atoms with Gasteiger partial charge in [0.25, 0.3) is 0 Å². The van der Waals surface area contributed by atoms with E-state index in [2.05, 4.69) is 120 Å². The number of fused-ring (bicyclic) bond motifs is 7.